The number of rotatable bonds is 4. The maximum absolute atomic E-state index is 11.7. The van der Waals surface area contributed by atoms with Crippen molar-refractivity contribution in [2.24, 2.45) is 0 Å². The molecule has 1 saturated carbocycles. The fourth-order valence-corrected chi connectivity index (χ4v) is 1.57. The SMILES string of the molecule is COc1ccc(OC)c(NC(=O)C(=O)NC2CC2)c1. The van der Waals surface area contributed by atoms with Gasteiger partial charge in [0.05, 0.1) is 19.9 Å². The van der Waals surface area contributed by atoms with Gasteiger partial charge in [-0.05, 0) is 25.0 Å². The molecule has 0 radical (unpaired) electrons. The van der Waals surface area contributed by atoms with Crippen molar-refractivity contribution in [2.75, 3.05) is 19.5 Å². The first-order chi connectivity index (χ1) is 9.13. The third-order valence-corrected chi connectivity index (χ3v) is 2.77. The van der Waals surface area contributed by atoms with Crippen LogP contribution >= 0.6 is 0 Å². The minimum Gasteiger partial charge on any atom is -0.497 e. The maximum atomic E-state index is 11.7. The number of ether oxygens (including phenoxy) is 2. The molecule has 2 amide bonds. The van der Waals surface area contributed by atoms with E-state index in [2.05, 4.69) is 10.6 Å². The molecule has 1 fully saturated rings. The molecule has 0 aliphatic heterocycles. The quantitative estimate of drug-likeness (QED) is 0.793. The molecule has 102 valence electrons. The average Bonchev–Trinajstić information content (AvgIpc) is 3.22. The van der Waals surface area contributed by atoms with E-state index in [0.29, 0.717) is 17.2 Å². The van der Waals surface area contributed by atoms with Gasteiger partial charge in [0, 0.05) is 12.1 Å². The molecule has 0 bridgehead atoms. The van der Waals surface area contributed by atoms with Crippen molar-refractivity contribution >= 4 is 17.5 Å². The number of carbonyl (C=O) groups is 2. The van der Waals surface area contributed by atoms with Gasteiger partial charge in [-0.15, -0.1) is 0 Å². The van der Waals surface area contributed by atoms with E-state index in [0.717, 1.165) is 12.8 Å². The molecule has 2 N–H and O–H groups in total. The summed E-state index contributed by atoms with van der Waals surface area (Å²) >= 11 is 0. The Morgan fingerprint density at radius 1 is 1.16 bits per heavy atom. The van der Waals surface area contributed by atoms with Gasteiger partial charge in [-0.25, -0.2) is 0 Å². The number of amides is 2. The zero-order chi connectivity index (χ0) is 13.8. The van der Waals surface area contributed by atoms with Gasteiger partial charge in [-0.3, -0.25) is 9.59 Å². The summed E-state index contributed by atoms with van der Waals surface area (Å²) in [5.74, 6) is -0.308. The van der Waals surface area contributed by atoms with Gasteiger partial charge in [0.25, 0.3) is 0 Å². The summed E-state index contributed by atoms with van der Waals surface area (Å²) < 4.78 is 10.2. The zero-order valence-electron chi connectivity index (χ0n) is 10.9. The molecule has 0 spiro atoms. The van der Waals surface area contributed by atoms with Crippen LogP contribution in [0.1, 0.15) is 12.8 Å². The highest BCUT2D eigenvalue weighted by Gasteiger charge is 2.26. The van der Waals surface area contributed by atoms with Gasteiger partial charge in [0.2, 0.25) is 0 Å². The van der Waals surface area contributed by atoms with E-state index in [4.69, 9.17) is 9.47 Å². The molecule has 0 unspecified atom stereocenters. The highest BCUT2D eigenvalue weighted by atomic mass is 16.5. The van der Waals surface area contributed by atoms with Crippen molar-refractivity contribution in [1.82, 2.24) is 5.32 Å². The lowest BCUT2D eigenvalue weighted by atomic mass is 10.2. The first-order valence-electron chi connectivity index (χ1n) is 5.98. The molecule has 6 heteroatoms. The molecule has 0 saturated heterocycles. The second-order valence-electron chi connectivity index (χ2n) is 4.27. The van der Waals surface area contributed by atoms with Crippen LogP contribution in [0.2, 0.25) is 0 Å². The summed E-state index contributed by atoms with van der Waals surface area (Å²) in [6.07, 6.45) is 1.86. The number of benzene rings is 1. The Balaban J connectivity index is 2.07. The smallest absolute Gasteiger partial charge is 0.313 e. The molecule has 1 aliphatic carbocycles. The summed E-state index contributed by atoms with van der Waals surface area (Å²) in [4.78, 5) is 23.3. The number of hydrogen-bond acceptors (Lipinski definition) is 4. The van der Waals surface area contributed by atoms with Crippen LogP contribution in [-0.2, 0) is 9.59 Å². The van der Waals surface area contributed by atoms with E-state index in [-0.39, 0.29) is 6.04 Å². The van der Waals surface area contributed by atoms with Crippen molar-refractivity contribution in [1.29, 1.82) is 0 Å². The van der Waals surface area contributed by atoms with Gasteiger partial charge >= 0.3 is 11.8 Å². The van der Waals surface area contributed by atoms with Gasteiger partial charge in [-0.1, -0.05) is 0 Å². The highest BCUT2D eigenvalue weighted by molar-refractivity contribution is 6.39. The van der Waals surface area contributed by atoms with Crippen LogP contribution in [0.4, 0.5) is 5.69 Å². The fraction of sp³-hybridized carbons (Fsp3) is 0.385. The van der Waals surface area contributed by atoms with E-state index in [1.54, 1.807) is 18.2 Å². The highest BCUT2D eigenvalue weighted by Crippen LogP contribution is 2.28. The van der Waals surface area contributed by atoms with Crippen LogP contribution in [0.25, 0.3) is 0 Å². The van der Waals surface area contributed by atoms with E-state index in [9.17, 15) is 9.59 Å². The van der Waals surface area contributed by atoms with Crippen LogP contribution in [-0.4, -0.2) is 32.1 Å². The monoisotopic (exact) mass is 264 g/mol. The molecule has 0 aromatic heterocycles. The van der Waals surface area contributed by atoms with E-state index >= 15 is 0 Å². The number of carbonyl (C=O) groups excluding carboxylic acids is 2. The van der Waals surface area contributed by atoms with Gasteiger partial charge in [0.15, 0.2) is 0 Å². The van der Waals surface area contributed by atoms with Gasteiger partial charge in [-0.2, -0.15) is 0 Å². The average molecular weight is 264 g/mol. The minimum atomic E-state index is -0.710. The Morgan fingerprint density at radius 3 is 2.47 bits per heavy atom. The number of anilines is 1. The summed E-state index contributed by atoms with van der Waals surface area (Å²) in [5.41, 5.74) is 0.401. The predicted octanol–water partition coefficient (Wildman–Crippen LogP) is 0.921. The summed E-state index contributed by atoms with van der Waals surface area (Å²) in [6, 6.07) is 5.11. The van der Waals surface area contributed by atoms with Crippen molar-refractivity contribution in [3.05, 3.63) is 18.2 Å². The Labute approximate surface area is 111 Å². The van der Waals surface area contributed by atoms with Crippen LogP contribution < -0.4 is 20.1 Å². The molecular weight excluding hydrogens is 248 g/mol. The van der Waals surface area contributed by atoms with Crippen LogP contribution in [0.3, 0.4) is 0 Å². The lowest BCUT2D eigenvalue weighted by molar-refractivity contribution is -0.136. The first-order valence-corrected chi connectivity index (χ1v) is 5.98. The molecule has 1 aliphatic rings. The van der Waals surface area contributed by atoms with E-state index in [1.807, 2.05) is 0 Å². The molecular formula is C13H16N2O4. The Bertz CT molecular complexity index is 497. The predicted molar refractivity (Wildman–Crippen MR) is 69.3 cm³/mol. The lowest BCUT2D eigenvalue weighted by Crippen LogP contribution is -2.36. The molecule has 6 nitrogen and oxygen atoms in total. The molecule has 1 aromatic carbocycles. The van der Waals surface area contributed by atoms with Crippen LogP contribution in [0.5, 0.6) is 11.5 Å². The van der Waals surface area contributed by atoms with Crippen LogP contribution in [0, 0.1) is 0 Å². The number of nitrogens with one attached hydrogen (secondary N) is 2. The first kappa shape index (κ1) is 13.2. The van der Waals surface area contributed by atoms with Crippen molar-refractivity contribution < 1.29 is 19.1 Å². The standard InChI is InChI=1S/C13H16N2O4/c1-18-9-5-6-11(19-2)10(7-9)15-13(17)12(16)14-8-3-4-8/h5-8H,3-4H2,1-2H3,(H,14,16)(H,15,17). The molecule has 2 rings (SSSR count). The third kappa shape index (κ3) is 3.37. The second-order valence-corrected chi connectivity index (χ2v) is 4.27. The van der Waals surface area contributed by atoms with Gasteiger partial charge < -0.3 is 20.1 Å². The molecule has 0 heterocycles. The molecule has 19 heavy (non-hydrogen) atoms. The Hall–Kier alpha value is -2.24. The van der Waals surface area contributed by atoms with Crippen LogP contribution in [0.15, 0.2) is 18.2 Å². The Kier molecular flexibility index (Phi) is 3.89. The number of hydrogen-bond donors (Lipinski definition) is 2. The van der Waals surface area contributed by atoms with Crippen molar-refractivity contribution in [3.8, 4) is 11.5 Å². The summed E-state index contributed by atoms with van der Waals surface area (Å²) in [5, 5.41) is 5.13. The largest absolute Gasteiger partial charge is 0.497 e. The summed E-state index contributed by atoms with van der Waals surface area (Å²) in [7, 11) is 3.01. The molecule has 0 atom stereocenters. The topological polar surface area (TPSA) is 76.7 Å². The zero-order valence-corrected chi connectivity index (χ0v) is 10.9. The van der Waals surface area contributed by atoms with E-state index in [1.165, 1.54) is 14.2 Å². The number of methoxy groups -OCH3 is 2. The van der Waals surface area contributed by atoms with Crippen molar-refractivity contribution in [3.63, 3.8) is 0 Å². The molecule has 1 aromatic rings. The normalized spacial score (nSPS) is 13.6. The minimum absolute atomic E-state index is 0.144. The third-order valence-electron chi connectivity index (χ3n) is 2.77. The summed E-state index contributed by atoms with van der Waals surface area (Å²) in [6.45, 7) is 0. The van der Waals surface area contributed by atoms with Gasteiger partial charge in [0.1, 0.15) is 11.5 Å². The Morgan fingerprint density at radius 2 is 1.89 bits per heavy atom. The lowest BCUT2D eigenvalue weighted by Gasteiger charge is -2.11. The van der Waals surface area contributed by atoms with Crippen molar-refractivity contribution in [2.45, 2.75) is 18.9 Å². The maximum Gasteiger partial charge on any atom is 0.313 e. The fourth-order valence-electron chi connectivity index (χ4n) is 1.57. The van der Waals surface area contributed by atoms with E-state index < -0.39 is 11.8 Å². The second kappa shape index (κ2) is 5.60.